The van der Waals surface area contributed by atoms with Gasteiger partial charge in [-0.1, -0.05) is 12.1 Å². The molecule has 1 fully saturated rings. The highest BCUT2D eigenvalue weighted by Gasteiger charge is 2.40. The summed E-state index contributed by atoms with van der Waals surface area (Å²) in [5.41, 5.74) is -0.986. The zero-order valence-corrected chi connectivity index (χ0v) is 18.0. The second-order valence-corrected chi connectivity index (χ2v) is 8.48. The first-order chi connectivity index (χ1) is 15.4. The third-order valence-electron chi connectivity index (χ3n) is 4.86. The molecule has 0 saturated carbocycles. The molecule has 1 atom stereocenters. The van der Waals surface area contributed by atoms with Gasteiger partial charge in [-0.2, -0.15) is 13.2 Å². The quantitative estimate of drug-likeness (QED) is 0.536. The molecule has 1 aliphatic rings. The summed E-state index contributed by atoms with van der Waals surface area (Å²) < 4.78 is 81.1. The van der Waals surface area contributed by atoms with Crippen molar-refractivity contribution in [3.8, 4) is 5.75 Å². The van der Waals surface area contributed by atoms with Crippen molar-refractivity contribution in [3.63, 3.8) is 0 Å². The SMILES string of the molecule is O=C(NCCc1cccc(OC(F)(F)F)c1)c1sc(C(O)CN2CCCC2)nc1C(F)(F)F. The van der Waals surface area contributed by atoms with E-state index < -0.39 is 40.9 Å². The molecular formula is C20H21F6N3O3S. The molecule has 0 spiro atoms. The third-order valence-corrected chi connectivity index (χ3v) is 6.02. The predicted molar refractivity (Wildman–Crippen MR) is 107 cm³/mol. The number of halogens is 6. The van der Waals surface area contributed by atoms with Crippen molar-refractivity contribution in [3.05, 3.63) is 45.4 Å². The van der Waals surface area contributed by atoms with Crippen LogP contribution in [-0.4, -0.2) is 53.4 Å². The fraction of sp³-hybridized carbons (Fsp3) is 0.500. The highest BCUT2D eigenvalue weighted by molar-refractivity contribution is 7.13. The minimum Gasteiger partial charge on any atom is -0.406 e. The Kier molecular flexibility index (Phi) is 7.85. The first-order valence-corrected chi connectivity index (χ1v) is 10.9. The number of amides is 1. The molecule has 1 saturated heterocycles. The summed E-state index contributed by atoms with van der Waals surface area (Å²) in [4.78, 5) is 17.2. The summed E-state index contributed by atoms with van der Waals surface area (Å²) >= 11 is 0.476. The van der Waals surface area contributed by atoms with Crippen LogP contribution in [0.1, 0.15) is 44.9 Å². The topological polar surface area (TPSA) is 74.7 Å². The van der Waals surface area contributed by atoms with Crippen LogP contribution in [0.25, 0.3) is 0 Å². The second kappa shape index (κ2) is 10.3. The smallest absolute Gasteiger partial charge is 0.406 e. The van der Waals surface area contributed by atoms with Crippen molar-refractivity contribution in [2.45, 2.75) is 37.9 Å². The van der Waals surface area contributed by atoms with Gasteiger partial charge in [0.25, 0.3) is 5.91 Å². The molecule has 1 aromatic heterocycles. The van der Waals surface area contributed by atoms with Gasteiger partial charge in [0.2, 0.25) is 0 Å². The van der Waals surface area contributed by atoms with Crippen LogP contribution in [0.3, 0.4) is 0 Å². The van der Waals surface area contributed by atoms with E-state index in [1.54, 1.807) is 0 Å². The monoisotopic (exact) mass is 497 g/mol. The molecule has 2 heterocycles. The predicted octanol–water partition coefficient (Wildman–Crippen LogP) is 4.16. The van der Waals surface area contributed by atoms with E-state index in [-0.39, 0.29) is 24.5 Å². The number of hydrogen-bond donors (Lipinski definition) is 2. The molecule has 13 heteroatoms. The molecule has 1 aliphatic heterocycles. The number of rotatable bonds is 8. The van der Waals surface area contributed by atoms with Gasteiger partial charge in [0.1, 0.15) is 21.7 Å². The number of alkyl halides is 6. The molecule has 1 unspecified atom stereocenters. The van der Waals surface area contributed by atoms with Crippen molar-refractivity contribution in [1.82, 2.24) is 15.2 Å². The van der Waals surface area contributed by atoms with Crippen LogP contribution in [0.15, 0.2) is 24.3 Å². The fourth-order valence-corrected chi connectivity index (χ4v) is 4.39. The largest absolute Gasteiger partial charge is 0.573 e. The summed E-state index contributed by atoms with van der Waals surface area (Å²) in [6, 6.07) is 5.06. The lowest BCUT2D eigenvalue weighted by Crippen LogP contribution is -2.27. The maximum absolute atomic E-state index is 13.4. The summed E-state index contributed by atoms with van der Waals surface area (Å²) in [7, 11) is 0. The van der Waals surface area contributed by atoms with E-state index >= 15 is 0 Å². The molecule has 33 heavy (non-hydrogen) atoms. The first-order valence-electron chi connectivity index (χ1n) is 10.0. The molecule has 3 rings (SSSR count). The van der Waals surface area contributed by atoms with E-state index in [4.69, 9.17) is 0 Å². The number of thiazole rings is 1. The number of carbonyl (C=O) groups excluding carboxylic acids is 1. The lowest BCUT2D eigenvalue weighted by molar-refractivity contribution is -0.274. The number of carbonyl (C=O) groups is 1. The van der Waals surface area contributed by atoms with Crippen LogP contribution < -0.4 is 10.1 Å². The molecule has 2 N–H and O–H groups in total. The minimum atomic E-state index is -4.89. The Morgan fingerprint density at radius 1 is 1.21 bits per heavy atom. The molecule has 1 amide bonds. The minimum absolute atomic E-state index is 0.0609. The number of nitrogens with zero attached hydrogens (tertiary/aromatic N) is 2. The van der Waals surface area contributed by atoms with Gasteiger partial charge in [0, 0.05) is 13.1 Å². The highest BCUT2D eigenvalue weighted by Crippen LogP contribution is 2.36. The van der Waals surface area contributed by atoms with Gasteiger partial charge in [-0.3, -0.25) is 4.79 Å². The van der Waals surface area contributed by atoms with E-state index in [9.17, 15) is 36.2 Å². The molecule has 6 nitrogen and oxygen atoms in total. The van der Waals surface area contributed by atoms with E-state index in [1.165, 1.54) is 12.1 Å². The second-order valence-electron chi connectivity index (χ2n) is 7.45. The average molecular weight is 497 g/mol. The molecule has 2 aromatic rings. The van der Waals surface area contributed by atoms with Gasteiger partial charge < -0.3 is 20.1 Å². The normalized spacial score (nSPS) is 16.1. The number of nitrogens with one attached hydrogen (secondary N) is 1. The Hall–Kier alpha value is -2.38. The lowest BCUT2D eigenvalue weighted by Gasteiger charge is -2.17. The number of aromatic nitrogens is 1. The van der Waals surface area contributed by atoms with Crippen LogP contribution >= 0.6 is 11.3 Å². The number of aliphatic hydroxyl groups is 1. The first kappa shape index (κ1) is 25.2. The van der Waals surface area contributed by atoms with Crippen molar-refractivity contribution in [1.29, 1.82) is 0 Å². The summed E-state index contributed by atoms with van der Waals surface area (Å²) in [6.07, 6.45) is -9.06. The summed E-state index contributed by atoms with van der Waals surface area (Å²) in [6.45, 7) is 1.46. The number of ether oxygens (including phenoxy) is 1. The van der Waals surface area contributed by atoms with Crippen molar-refractivity contribution in [2.75, 3.05) is 26.2 Å². The maximum atomic E-state index is 13.4. The van der Waals surface area contributed by atoms with E-state index in [2.05, 4.69) is 15.0 Å². The Bertz CT molecular complexity index is 957. The number of hydrogen-bond acceptors (Lipinski definition) is 6. The molecule has 1 aromatic carbocycles. The Morgan fingerprint density at radius 3 is 2.55 bits per heavy atom. The van der Waals surface area contributed by atoms with Crippen LogP contribution in [0.2, 0.25) is 0 Å². The van der Waals surface area contributed by atoms with Crippen molar-refractivity contribution >= 4 is 17.2 Å². The molecule has 0 aliphatic carbocycles. The van der Waals surface area contributed by atoms with Gasteiger partial charge in [-0.25, -0.2) is 4.98 Å². The van der Waals surface area contributed by atoms with Crippen molar-refractivity contribution in [2.24, 2.45) is 0 Å². The zero-order chi connectivity index (χ0) is 24.2. The van der Waals surface area contributed by atoms with Crippen LogP contribution in [0.4, 0.5) is 26.3 Å². The van der Waals surface area contributed by atoms with E-state index in [1.807, 2.05) is 4.90 Å². The van der Waals surface area contributed by atoms with Gasteiger partial charge in [-0.15, -0.1) is 24.5 Å². The Labute approximate surface area is 189 Å². The van der Waals surface area contributed by atoms with Crippen molar-refractivity contribution < 1.29 is 41.0 Å². The number of aliphatic hydroxyl groups excluding tert-OH is 1. The molecular weight excluding hydrogens is 476 g/mol. The fourth-order valence-electron chi connectivity index (χ4n) is 3.41. The van der Waals surface area contributed by atoms with Crippen LogP contribution in [0.5, 0.6) is 5.75 Å². The van der Waals surface area contributed by atoms with Gasteiger partial charge in [0.15, 0.2) is 5.69 Å². The lowest BCUT2D eigenvalue weighted by atomic mass is 10.1. The number of benzene rings is 1. The number of β-amino-alcohol motifs (C(OH)–C–C–N with tert-alkyl or cyclic N) is 1. The molecule has 182 valence electrons. The number of likely N-dealkylation sites (tertiary alicyclic amines) is 1. The van der Waals surface area contributed by atoms with E-state index in [0.29, 0.717) is 16.9 Å². The Balaban J connectivity index is 1.65. The molecule has 0 bridgehead atoms. The summed E-state index contributed by atoms with van der Waals surface area (Å²) in [5.74, 6) is -1.47. The third kappa shape index (κ3) is 7.30. The average Bonchev–Trinajstić information content (AvgIpc) is 3.36. The van der Waals surface area contributed by atoms with Gasteiger partial charge in [-0.05, 0) is 50.0 Å². The van der Waals surface area contributed by atoms with Gasteiger partial charge in [0.05, 0.1) is 0 Å². The van der Waals surface area contributed by atoms with E-state index in [0.717, 1.165) is 38.1 Å². The standard InChI is InChI=1S/C20H21F6N3O3S/c21-19(22,23)16-15(33-18(28-16)14(30)11-29-8-1-2-9-29)17(31)27-7-6-12-4-3-5-13(10-12)32-20(24,25)26/h3-5,10,14,30H,1-2,6-9,11H2,(H,27,31). The van der Waals surface area contributed by atoms with Crippen LogP contribution in [-0.2, 0) is 12.6 Å². The Morgan fingerprint density at radius 2 is 1.91 bits per heavy atom. The summed E-state index contributed by atoms with van der Waals surface area (Å²) in [5, 5.41) is 12.4. The van der Waals surface area contributed by atoms with Crippen LogP contribution in [0, 0.1) is 0 Å². The molecule has 0 radical (unpaired) electrons. The zero-order valence-electron chi connectivity index (χ0n) is 17.2. The maximum Gasteiger partial charge on any atom is 0.573 e. The highest BCUT2D eigenvalue weighted by atomic mass is 32.1. The van der Waals surface area contributed by atoms with Gasteiger partial charge >= 0.3 is 12.5 Å².